The number of hydrogen-bond acceptors (Lipinski definition) is 4. The van der Waals surface area contributed by atoms with Gasteiger partial charge in [0, 0.05) is 17.5 Å². The Hall–Kier alpha value is -2.02. The number of benzene rings is 2. The van der Waals surface area contributed by atoms with Crippen LogP contribution in [0.4, 0.5) is 0 Å². The van der Waals surface area contributed by atoms with E-state index < -0.39 is 10.0 Å². The molecule has 0 aliphatic heterocycles. The van der Waals surface area contributed by atoms with Gasteiger partial charge in [0.05, 0.1) is 11.4 Å². The minimum atomic E-state index is -3.51. The number of thiazole rings is 1. The van der Waals surface area contributed by atoms with Crippen LogP contribution in [0.25, 0.3) is 0 Å². The van der Waals surface area contributed by atoms with Gasteiger partial charge in [0.1, 0.15) is 5.01 Å². The topological polar surface area (TPSA) is 59.1 Å². The minimum Gasteiger partial charge on any atom is -0.248 e. The summed E-state index contributed by atoms with van der Waals surface area (Å²) in [6, 6.07) is 15.2. The SMILES string of the molecule is Cc1ccc(Cc2cnc(CNS(=O)(=O)c3ccc(C)cc3)s2)cc1. The zero-order chi connectivity index (χ0) is 17.9. The molecule has 0 saturated heterocycles. The van der Waals surface area contributed by atoms with Crippen molar-refractivity contribution in [1.82, 2.24) is 9.71 Å². The van der Waals surface area contributed by atoms with Crippen molar-refractivity contribution in [2.75, 3.05) is 0 Å². The first-order chi connectivity index (χ1) is 11.9. The fourth-order valence-corrected chi connectivity index (χ4v) is 4.35. The molecule has 3 rings (SSSR count). The predicted molar refractivity (Wildman–Crippen MR) is 101 cm³/mol. The van der Waals surface area contributed by atoms with E-state index >= 15 is 0 Å². The molecule has 0 bridgehead atoms. The lowest BCUT2D eigenvalue weighted by Gasteiger charge is -2.05. The highest BCUT2D eigenvalue weighted by atomic mass is 32.2. The summed E-state index contributed by atoms with van der Waals surface area (Å²) in [4.78, 5) is 5.72. The van der Waals surface area contributed by atoms with E-state index in [1.54, 1.807) is 24.3 Å². The second-order valence-electron chi connectivity index (χ2n) is 6.02. The highest BCUT2D eigenvalue weighted by molar-refractivity contribution is 7.89. The largest absolute Gasteiger partial charge is 0.248 e. The Balaban J connectivity index is 1.63. The third-order valence-corrected chi connectivity index (χ3v) is 6.26. The molecule has 0 atom stereocenters. The number of nitrogens with zero attached hydrogens (tertiary/aromatic N) is 1. The first kappa shape index (κ1) is 17.8. The van der Waals surface area contributed by atoms with Crippen molar-refractivity contribution in [2.45, 2.75) is 31.7 Å². The molecular weight excluding hydrogens is 352 g/mol. The van der Waals surface area contributed by atoms with E-state index in [0.29, 0.717) is 0 Å². The maximum atomic E-state index is 12.3. The van der Waals surface area contributed by atoms with Crippen LogP contribution in [0.2, 0.25) is 0 Å². The summed E-state index contributed by atoms with van der Waals surface area (Å²) in [6.45, 7) is 4.19. The number of sulfonamides is 1. The van der Waals surface area contributed by atoms with Crippen molar-refractivity contribution in [2.24, 2.45) is 0 Å². The zero-order valence-corrected chi connectivity index (χ0v) is 15.8. The monoisotopic (exact) mass is 372 g/mol. The molecule has 0 saturated carbocycles. The average molecular weight is 373 g/mol. The van der Waals surface area contributed by atoms with Gasteiger partial charge in [-0.25, -0.2) is 18.1 Å². The summed E-state index contributed by atoms with van der Waals surface area (Å²) in [5.74, 6) is 0. The van der Waals surface area contributed by atoms with E-state index in [1.165, 1.54) is 22.5 Å². The Labute approximate surface area is 152 Å². The van der Waals surface area contributed by atoms with Crippen LogP contribution < -0.4 is 4.72 Å². The van der Waals surface area contributed by atoms with Gasteiger partial charge < -0.3 is 0 Å². The Kier molecular flexibility index (Phi) is 5.32. The molecule has 3 aromatic rings. The van der Waals surface area contributed by atoms with E-state index in [0.717, 1.165) is 21.9 Å². The van der Waals surface area contributed by atoms with Crippen molar-refractivity contribution in [3.63, 3.8) is 0 Å². The van der Waals surface area contributed by atoms with Gasteiger partial charge in [-0.1, -0.05) is 47.5 Å². The molecule has 1 heterocycles. The van der Waals surface area contributed by atoms with Crippen LogP contribution in [0.5, 0.6) is 0 Å². The lowest BCUT2D eigenvalue weighted by atomic mass is 10.1. The zero-order valence-electron chi connectivity index (χ0n) is 14.2. The van der Waals surface area contributed by atoms with Gasteiger partial charge >= 0.3 is 0 Å². The van der Waals surface area contributed by atoms with Crippen molar-refractivity contribution in [3.8, 4) is 0 Å². The summed E-state index contributed by atoms with van der Waals surface area (Å²) in [7, 11) is -3.51. The van der Waals surface area contributed by atoms with Gasteiger partial charge in [0.25, 0.3) is 0 Å². The first-order valence-electron chi connectivity index (χ1n) is 7.98. The highest BCUT2D eigenvalue weighted by Crippen LogP contribution is 2.18. The van der Waals surface area contributed by atoms with E-state index in [2.05, 4.69) is 40.9 Å². The average Bonchev–Trinajstić information content (AvgIpc) is 3.03. The molecule has 2 aromatic carbocycles. The lowest BCUT2D eigenvalue weighted by molar-refractivity contribution is 0.581. The minimum absolute atomic E-state index is 0.203. The Bertz CT molecular complexity index is 944. The molecule has 1 aromatic heterocycles. The summed E-state index contributed by atoms with van der Waals surface area (Å²) in [5, 5.41) is 0.762. The standard InChI is InChI=1S/C19H20N2O2S2/c1-14-3-7-16(8-4-14)11-17-12-20-19(24-17)13-21-25(22,23)18-9-5-15(2)6-10-18/h3-10,12,21H,11,13H2,1-2H3. The van der Waals surface area contributed by atoms with Gasteiger partial charge in [0.15, 0.2) is 0 Å². The van der Waals surface area contributed by atoms with Crippen molar-refractivity contribution in [1.29, 1.82) is 0 Å². The number of rotatable bonds is 6. The third-order valence-electron chi connectivity index (χ3n) is 3.85. The number of nitrogens with one attached hydrogen (secondary N) is 1. The molecule has 0 fully saturated rings. The van der Waals surface area contributed by atoms with Crippen LogP contribution in [-0.4, -0.2) is 13.4 Å². The molecule has 4 nitrogen and oxygen atoms in total. The van der Waals surface area contributed by atoms with Crippen molar-refractivity contribution >= 4 is 21.4 Å². The molecule has 130 valence electrons. The molecule has 1 N–H and O–H groups in total. The summed E-state index contributed by atoms with van der Waals surface area (Å²) in [6.07, 6.45) is 2.63. The van der Waals surface area contributed by atoms with Crippen LogP contribution in [0, 0.1) is 13.8 Å². The van der Waals surface area contributed by atoms with Crippen LogP contribution in [0.1, 0.15) is 26.6 Å². The third kappa shape index (κ3) is 4.75. The van der Waals surface area contributed by atoms with Gasteiger partial charge in [-0.2, -0.15) is 0 Å². The quantitative estimate of drug-likeness (QED) is 0.715. The van der Waals surface area contributed by atoms with Crippen molar-refractivity contribution in [3.05, 3.63) is 81.3 Å². The predicted octanol–water partition coefficient (Wildman–Crippen LogP) is 3.83. The van der Waals surface area contributed by atoms with E-state index in [-0.39, 0.29) is 11.4 Å². The highest BCUT2D eigenvalue weighted by Gasteiger charge is 2.14. The fraction of sp³-hybridized carbons (Fsp3) is 0.211. The van der Waals surface area contributed by atoms with Crippen LogP contribution >= 0.6 is 11.3 Å². The van der Waals surface area contributed by atoms with Crippen LogP contribution in [-0.2, 0) is 23.0 Å². The van der Waals surface area contributed by atoms with Crippen LogP contribution in [0.15, 0.2) is 59.6 Å². The summed E-state index contributed by atoms with van der Waals surface area (Å²) in [5.41, 5.74) is 3.49. The van der Waals surface area contributed by atoms with Gasteiger partial charge in [-0.05, 0) is 31.5 Å². The molecule has 0 aliphatic carbocycles. The smallest absolute Gasteiger partial charge is 0.240 e. The van der Waals surface area contributed by atoms with Gasteiger partial charge in [0.2, 0.25) is 10.0 Å². The number of aromatic nitrogens is 1. The molecule has 25 heavy (non-hydrogen) atoms. The normalized spacial score (nSPS) is 11.6. The molecule has 0 unspecified atom stereocenters. The summed E-state index contributed by atoms with van der Waals surface area (Å²) < 4.78 is 27.2. The Morgan fingerprint density at radius 2 is 1.56 bits per heavy atom. The molecule has 0 amide bonds. The molecule has 6 heteroatoms. The van der Waals surface area contributed by atoms with Crippen LogP contribution in [0.3, 0.4) is 0 Å². The van der Waals surface area contributed by atoms with Gasteiger partial charge in [-0.3, -0.25) is 0 Å². The maximum absolute atomic E-state index is 12.3. The molecule has 0 radical (unpaired) electrons. The van der Waals surface area contributed by atoms with Gasteiger partial charge in [-0.15, -0.1) is 11.3 Å². The lowest BCUT2D eigenvalue weighted by Crippen LogP contribution is -2.23. The fourth-order valence-electron chi connectivity index (χ4n) is 2.38. The molecule has 0 spiro atoms. The Morgan fingerprint density at radius 1 is 0.960 bits per heavy atom. The maximum Gasteiger partial charge on any atom is 0.240 e. The van der Waals surface area contributed by atoms with E-state index in [1.807, 2.05) is 13.1 Å². The van der Waals surface area contributed by atoms with Crippen molar-refractivity contribution < 1.29 is 8.42 Å². The second kappa shape index (κ2) is 7.47. The Morgan fingerprint density at radius 3 is 2.20 bits per heavy atom. The molecular formula is C19H20N2O2S2. The first-order valence-corrected chi connectivity index (χ1v) is 10.3. The number of hydrogen-bond donors (Lipinski definition) is 1. The number of aryl methyl sites for hydroxylation is 2. The van der Waals surface area contributed by atoms with E-state index in [4.69, 9.17) is 0 Å². The van der Waals surface area contributed by atoms with E-state index in [9.17, 15) is 8.42 Å². The summed E-state index contributed by atoms with van der Waals surface area (Å²) >= 11 is 1.53. The molecule has 0 aliphatic rings. The second-order valence-corrected chi connectivity index (χ2v) is 8.99.